The summed E-state index contributed by atoms with van der Waals surface area (Å²) in [6.07, 6.45) is 0.769. The number of aromatic nitrogens is 1. The molecule has 1 unspecified atom stereocenters. The van der Waals surface area contributed by atoms with Gasteiger partial charge in [-0.3, -0.25) is 4.79 Å². The first kappa shape index (κ1) is 19.2. The second-order valence-electron chi connectivity index (χ2n) is 6.52. The van der Waals surface area contributed by atoms with Gasteiger partial charge in [-0.15, -0.1) is 11.8 Å². The van der Waals surface area contributed by atoms with Gasteiger partial charge in [-0.2, -0.15) is 0 Å². The highest BCUT2D eigenvalue weighted by molar-refractivity contribution is 7.99. The normalized spacial score (nSPS) is 11.9. The SMILES string of the molecule is Cc1noc(C)c1CSCC(=O)NC(Cc1ccccc1)c1ccccc1. The van der Waals surface area contributed by atoms with Crippen LogP contribution in [0.5, 0.6) is 0 Å². The highest BCUT2D eigenvalue weighted by Crippen LogP contribution is 2.21. The van der Waals surface area contributed by atoms with Gasteiger partial charge in [0.15, 0.2) is 0 Å². The molecule has 1 atom stereocenters. The molecule has 0 fully saturated rings. The zero-order chi connectivity index (χ0) is 19.1. The Hall–Kier alpha value is -2.53. The average Bonchev–Trinajstić information content (AvgIpc) is 3.01. The number of nitrogens with one attached hydrogen (secondary N) is 1. The zero-order valence-electron chi connectivity index (χ0n) is 15.6. The summed E-state index contributed by atoms with van der Waals surface area (Å²) in [7, 11) is 0. The van der Waals surface area contributed by atoms with Crippen LogP contribution >= 0.6 is 11.8 Å². The van der Waals surface area contributed by atoms with E-state index in [-0.39, 0.29) is 11.9 Å². The molecule has 1 amide bonds. The van der Waals surface area contributed by atoms with Gasteiger partial charge in [0.05, 0.1) is 17.5 Å². The minimum absolute atomic E-state index is 0.0385. The number of nitrogens with zero attached hydrogens (tertiary/aromatic N) is 1. The van der Waals surface area contributed by atoms with Crippen molar-refractivity contribution < 1.29 is 9.32 Å². The van der Waals surface area contributed by atoms with Gasteiger partial charge in [0.25, 0.3) is 0 Å². The molecular weight excluding hydrogens is 356 g/mol. The van der Waals surface area contributed by atoms with Crippen LogP contribution in [0.25, 0.3) is 0 Å². The summed E-state index contributed by atoms with van der Waals surface area (Å²) in [5.74, 6) is 1.99. The molecule has 0 bridgehead atoms. The van der Waals surface area contributed by atoms with Crippen LogP contribution < -0.4 is 5.32 Å². The van der Waals surface area contributed by atoms with Crippen molar-refractivity contribution >= 4 is 17.7 Å². The van der Waals surface area contributed by atoms with Crippen LogP contribution in [0.1, 0.15) is 34.2 Å². The van der Waals surface area contributed by atoms with Crippen LogP contribution in [0.2, 0.25) is 0 Å². The minimum Gasteiger partial charge on any atom is -0.361 e. The Morgan fingerprint density at radius 3 is 2.37 bits per heavy atom. The molecule has 1 heterocycles. The van der Waals surface area contributed by atoms with E-state index in [1.807, 2.05) is 50.2 Å². The van der Waals surface area contributed by atoms with E-state index in [2.05, 4.69) is 34.7 Å². The molecular formula is C22H24N2O2S. The number of aryl methyl sites for hydroxylation is 2. The number of hydrogen-bond donors (Lipinski definition) is 1. The Labute approximate surface area is 164 Å². The number of rotatable bonds is 8. The lowest BCUT2D eigenvalue weighted by molar-refractivity contribution is -0.119. The summed E-state index contributed by atoms with van der Waals surface area (Å²) in [5, 5.41) is 7.15. The lowest BCUT2D eigenvalue weighted by Gasteiger charge is -2.19. The largest absolute Gasteiger partial charge is 0.361 e. The second-order valence-corrected chi connectivity index (χ2v) is 7.50. The van der Waals surface area contributed by atoms with Crippen molar-refractivity contribution in [2.45, 2.75) is 32.1 Å². The van der Waals surface area contributed by atoms with Gasteiger partial charge in [-0.25, -0.2) is 0 Å². The smallest absolute Gasteiger partial charge is 0.230 e. The summed E-state index contributed by atoms with van der Waals surface area (Å²) in [5.41, 5.74) is 4.30. The van der Waals surface area contributed by atoms with Gasteiger partial charge >= 0.3 is 0 Å². The molecule has 0 spiro atoms. The van der Waals surface area contributed by atoms with Crippen LogP contribution in [0.3, 0.4) is 0 Å². The lowest BCUT2D eigenvalue weighted by atomic mass is 9.99. The van der Waals surface area contributed by atoms with Gasteiger partial charge in [0, 0.05) is 11.3 Å². The predicted molar refractivity (Wildman–Crippen MR) is 110 cm³/mol. The van der Waals surface area contributed by atoms with E-state index in [0.717, 1.165) is 34.8 Å². The fourth-order valence-corrected chi connectivity index (χ4v) is 3.96. The van der Waals surface area contributed by atoms with E-state index in [0.29, 0.717) is 5.75 Å². The Kier molecular flexibility index (Phi) is 6.71. The van der Waals surface area contributed by atoms with Crippen molar-refractivity contribution in [3.63, 3.8) is 0 Å². The van der Waals surface area contributed by atoms with Crippen molar-refractivity contribution in [3.05, 3.63) is 88.8 Å². The van der Waals surface area contributed by atoms with Crippen LogP contribution in [-0.2, 0) is 17.0 Å². The third kappa shape index (κ3) is 5.47. The molecule has 0 aliphatic rings. The standard InChI is InChI=1S/C22H24N2O2S/c1-16-20(17(2)26-24-16)14-27-15-22(25)23-21(19-11-7-4-8-12-19)13-18-9-5-3-6-10-18/h3-12,21H,13-15H2,1-2H3,(H,23,25). The molecule has 0 aliphatic carbocycles. The first-order valence-corrected chi connectivity index (χ1v) is 10.2. The fourth-order valence-electron chi connectivity index (χ4n) is 2.98. The zero-order valence-corrected chi connectivity index (χ0v) is 16.5. The number of amides is 1. The molecule has 3 rings (SSSR count). The Bertz CT molecular complexity index is 843. The van der Waals surface area contributed by atoms with E-state index < -0.39 is 0 Å². The summed E-state index contributed by atoms with van der Waals surface area (Å²) < 4.78 is 5.18. The third-order valence-corrected chi connectivity index (χ3v) is 5.44. The highest BCUT2D eigenvalue weighted by atomic mass is 32.2. The van der Waals surface area contributed by atoms with Crippen molar-refractivity contribution in [2.75, 3.05) is 5.75 Å². The van der Waals surface area contributed by atoms with E-state index in [1.54, 1.807) is 11.8 Å². The van der Waals surface area contributed by atoms with Crippen LogP contribution in [0, 0.1) is 13.8 Å². The number of carbonyl (C=O) groups excluding carboxylic acids is 1. The summed E-state index contributed by atoms with van der Waals surface area (Å²) in [6, 6.07) is 20.3. The summed E-state index contributed by atoms with van der Waals surface area (Å²) >= 11 is 1.58. The van der Waals surface area contributed by atoms with Gasteiger partial charge in [-0.1, -0.05) is 65.8 Å². The van der Waals surface area contributed by atoms with Crippen LogP contribution in [0.4, 0.5) is 0 Å². The number of hydrogen-bond acceptors (Lipinski definition) is 4. The maximum Gasteiger partial charge on any atom is 0.230 e. The van der Waals surface area contributed by atoms with E-state index in [9.17, 15) is 4.79 Å². The molecule has 1 N–H and O–H groups in total. The van der Waals surface area contributed by atoms with Gasteiger partial charge in [0.2, 0.25) is 5.91 Å². The topological polar surface area (TPSA) is 55.1 Å². The minimum atomic E-state index is -0.0410. The monoisotopic (exact) mass is 380 g/mol. The Morgan fingerprint density at radius 2 is 1.74 bits per heavy atom. The van der Waals surface area contributed by atoms with E-state index in [1.165, 1.54) is 5.56 Å². The van der Waals surface area contributed by atoms with Crippen LogP contribution in [-0.4, -0.2) is 16.8 Å². The molecule has 1 aromatic heterocycles. The molecule has 0 radical (unpaired) electrons. The highest BCUT2D eigenvalue weighted by Gasteiger charge is 2.16. The second kappa shape index (κ2) is 9.42. The van der Waals surface area contributed by atoms with Gasteiger partial charge < -0.3 is 9.84 Å². The van der Waals surface area contributed by atoms with Crippen molar-refractivity contribution in [1.82, 2.24) is 10.5 Å². The molecule has 3 aromatic rings. The van der Waals surface area contributed by atoms with Gasteiger partial charge in [-0.05, 0) is 31.4 Å². The number of thioether (sulfide) groups is 1. The lowest BCUT2D eigenvalue weighted by Crippen LogP contribution is -2.31. The van der Waals surface area contributed by atoms with Crippen LogP contribution in [0.15, 0.2) is 65.2 Å². The molecule has 27 heavy (non-hydrogen) atoms. The summed E-state index contributed by atoms with van der Waals surface area (Å²) in [6.45, 7) is 3.83. The predicted octanol–water partition coefficient (Wildman–Crippen LogP) is 4.62. The van der Waals surface area contributed by atoms with Crippen molar-refractivity contribution in [1.29, 1.82) is 0 Å². The number of benzene rings is 2. The van der Waals surface area contributed by atoms with Gasteiger partial charge in [0.1, 0.15) is 5.76 Å². The maximum absolute atomic E-state index is 12.5. The number of carbonyl (C=O) groups is 1. The summed E-state index contributed by atoms with van der Waals surface area (Å²) in [4.78, 5) is 12.5. The molecule has 140 valence electrons. The molecule has 0 saturated heterocycles. The molecule has 4 nitrogen and oxygen atoms in total. The maximum atomic E-state index is 12.5. The Morgan fingerprint density at radius 1 is 1.07 bits per heavy atom. The van der Waals surface area contributed by atoms with Crippen molar-refractivity contribution in [2.24, 2.45) is 0 Å². The third-order valence-electron chi connectivity index (χ3n) is 4.48. The quantitative estimate of drug-likeness (QED) is 0.619. The van der Waals surface area contributed by atoms with Crippen molar-refractivity contribution in [3.8, 4) is 0 Å². The Balaban J connectivity index is 1.60. The average molecular weight is 381 g/mol. The first-order valence-electron chi connectivity index (χ1n) is 9.01. The fraction of sp³-hybridized carbons (Fsp3) is 0.273. The molecule has 0 saturated carbocycles. The first-order chi connectivity index (χ1) is 13.1. The molecule has 5 heteroatoms. The molecule has 0 aliphatic heterocycles. The molecule has 2 aromatic carbocycles. The van der Waals surface area contributed by atoms with E-state index in [4.69, 9.17) is 4.52 Å². The van der Waals surface area contributed by atoms with E-state index >= 15 is 0 Å².